The minimum Gasteiger partial charge on any atom is -0.462 e. The number of aliphatic imine (C=N–C) groups is 1. The van der Waals surface area contributed by atoms with Gasteiger partial charge >= 0.3 is 5.96 Å². The molecule has 6 rings (SSSR count). The summed E-state index contributed by atoms with van der Waals surface area (Å²) in [5, 5.41) is 17.6. The highest BCUT2D eigenvalue weighted by molar-refractivity contribution is 7.15. The molecule has 1 aliphatic heterocycles. The fourth-order valence-electron chi connectivity index (χ4n) is 4.82. The Morgan fingerprint density at radius 2 is 2.03 bits per heavy atom. The lowest BCUT2D eigenvalue weighted by Gasteiger charge is -2.26. The predicted molar refractivity (Wildman–Crippen MR) is 144 cm³/mol. The average Bonchev–Trinajstić information content (AvgIpc) is 3.29. The van der Waals surface area contributed by atoms with Crippen molar-refractivity contribution in [3.8, 4) is 0 Å². The minimum atomic E-state index is -0.797. The van der Waals surface area contributed by atoms with Crippen LogP contribution in [0.2, 0.25) is 4.47 Å². The number of ether oxygens (including phenoxy) is 1. The Hall–Kier alpha value is -3.56. The molecule has 3 aromatic carbocycles. The molecule has 1 unspecified atom stereocenters. The smallest absolute Gasteiger partial charge is 0.302 e. The number of nitrogens with zero attached hydrogens (tertiary/aromatic N) is 5. The standard InChI is InChI=1S/C22H18ClNS.C4H6N4O3/c23-22-24-13-17(25-22)11-14-5-6-16-8-9-19-18-4-2-1-3-15(18)7-10-20(19)21(16)12-14;1-7-3-11-2-5-4(7)6-8(9)10/h1-4,7-10,13-14H,5-6,11-12H2;2H,3H2,1H3. The maximum Gasteiger partial charge on any atom is 0.302 e. The molecule has 0 radical (unpaired) electrons. The number of hydrazone groups is 1. The molecule has 2 aliphatic rings. The second-order valence-corrected chi connectivity index (χ2v) is 10.5. The average molecular weight is 522 g/mol. The Bertz CT molecular complexity index is 1490. The van der Waals surface area contributed by atoms with Gasteiger partial charge in [-0.25, -0.2) is 15.1 Å². The van der Waals surface area contributed by atoms with E-state index in [-0.39, 0.29) is 12.7 Å². The molecule has 1 aliphatic carbocycles. The number of fused-ring (bicyclic) bond motifs is 5. The van der Waals surface area contributed by atoms with E-state index in [9.17, 15) is 10.1 Å². The molecule has 0 fully saturated rings. The highest BCUT2D eigenvalue weighted by Crippen LogP contribution is 2.36. The predicted octanol–water partition coefficient (Wildman–Crippen LogP) is 5.93. The zero-order chi connectivity index (χ0) is 25.1. The minimum absolute atomic E-state index is 0.0428. The molecule has 0 saturated heterocycles. The molecule has 4 aromatic rings. The lowest BCUT2D eigenvalue weighted by atomic mass is 9.79. The Kier molecular flexibility index (Phi) is 7.11. The summed E-state index contributed by atoms with van der Waals surface area (Å²) < 4.78 is 5.38. The van der Waals surface area contributed by atoms with Crippen LogP contribution in [0.5, 0.6) is 0 Å². The van der Waals surface area contributed by atoms with Crippen LogP contribution in [0, 0.1) is 16.0 Å². The summed E-state index contributed by atoms with van der Waals surface area (Å²) in [4.78, 5) is 20.4. The second kappa shape index (κ2) is 10.6. The van der Waals surface area contributed by atoms with E-state index >= 15 is 0 Å². The van der Waals surface area contributed by atoms with Crippen LogP contribution in [-0.4, -0.2) is 41.1 Å². The van der Waals surface area contributed by atoms with Crippen molar-refractivity contribution in [2.45, 2.75) is 25.7 Å². The first-order chi connectivity index (χ1) is 17.5. The quantitative estimate of drug-likeness (QED) is 0.189. The molecular formula is C26H24ClN5O3S. The summed E-state index contributed by atoms with van der Waals surface area (Å²) in [5.74, 6) is 0.724. The van der Waals surface area contributed by atoms with Gasteiger partial charge in [0.1, 0.15) is 5.10 Å². The SMILES string of the molecule is CN1COC=NC1=N[N+](=O)[O-].Clc1ncc(CC2CCc3ccc4c(ccc5ccccc54)c3C2)s1. The molecule has 1 atom stereocenters. The zero-order valence-electron chi connectivity index (χ0n) is 19.6. The van der Waals surface area contributed by atoms with Crippen molar-refractivity contribution < 1.29 is 9.77 Å². The zero-order valence-corrected chi connectivity index (χ0v) is 21.2. The molecule has 0 saturated carbocycles. The Balaban J connectivity index is 0.000000205. The molecule has 10 heteroatoms. The molecule has 0 amide bonds. The number of benzene rings is 3. The van der Waals surface area contributed by atoms with Gasteiger partial charge in [0.05, 0.1) is 0 Å². The first-order valence-electron chi connectivity index (χ1n) is 11.6. The van der Waals surface area contributed by atoms with E-state index in [4.69, 9.17) is 16.3 Å². The number of thiazole rings is 1. The van der Waals surface area contributed by atoms with Gasteiger partial charge in [-0.05, 0) is 64.3 Å². The normalized spacial score (nSPS) is 18.0. The Morgan fingerprint density at radius 3 is 2.81 bits per heavy atom. The van der Waals surface area contributed by atoms with E-state index < -0.39 is 5.03 Å². The van der Waals surface area contributed by atoms with Crippen LogP contribution in [-0.2, 0) is 24.0 Å². The van der Waals surface area contributed by atoms with Crippen LogP contribution in [0.3, 0.4) is 0 Å². The molecule has 0 spiro atoms. The van der Waals surface area contributed by atoms with E-state index in [2.05, 4.69) is 63.6 Å². The van der Waals surface area contributed by atoms with Crippen LogP contribution in [0.4, 0.5) is 0 Å². The maximum atomic E-state index is 9.89. The molecular weight excluding hydrogens is 498 g/mol. The van der Waals surface area contributed by atoms with E-state index in [1.807, 2.05) is 6.20 Å². The molecule has 0 bridgehead atoms. The summed E-state index contributed by atoms with van der Waals surface area (Å²) in [6.07, 6.45) is 7.74. The van der Waals surface area contributed by atoms with Gasteiger partial charge < -0.3 is 9.64 Å². The molecule has 1 aromatic heterocycles. The lowest BCUT2D eigenvalue weighted by Crippen LogP contribution is -2.32. The van der Waals surface area contributed by atoms with Crippen LogP contribution in [0.1, 0.15) is 22.4 Å². The first kappa shape index (κ1) is 24.1. The van der Waals surface area contributed by atoms with Crippen LogP contribution >= 0.6 is 22.9 Å². The highest BCUT2D eigenvalue weighted by Gasteiger charge is 2.22. The molecule has 36 heavy (non-hydrogen) atoms. The summed E-state index contributed by atoms with van der Waals surface area (Å²) in [7, 11) is 1.60. The fourth-order valence-corrected chi connectivity index (χ4v) is 5.91. The lowest BCUT2D eigenvalue weighted by molar-refractivity contribution is -0.485. The van der Waals surface area contributed by atoms with E-state index in [0.717, 1.165) is 19.2 Å². The van der Waals surface area contributed by atoms with Gasteiger partial charge in [0.25, 0.3) is 0 Å². The third-order valence-electron chi connectivity index (χ3n) is 6.49. The molecule has 8 nitrogen and oxygen atoms in total. The molecule has 184 valence electrons. The monoisotopic (exact) mass is 521 g/mol. The van der Waals surface area contributed by atoms with Gasteiger partial charge in [0.15, 0.2) is 22.6 Å². The van der Waals surface area contributed by atoms with Gasteiger partial charge in [-0.3, -0.25) is 0 Å². The van der Waals surface area contributed by atoms with E-state index in [1.165, 1.54) is 49.7 Å². The van der Waals surface area contributed by atoms with Crippen molar-refractivity contribution in [1.82, 2.24) is 9.88 Å². The third kappa shape index (κ3) is 5.32. The number of nitro groups is 1. The van der Waals surface area contributed by atoms with E-state index in [1.54, 1.807) is 23.9 Å². The van der Waals surface area contributed by atoms with Crippen molar-refractivity contribution in [2.24, 2.45) is 16.0 Å². The fraction of sp³-hybridized carbons (Fsp3) is 0.269. The Labute approximate surface area is 217 Å². The first-order valence-corrected chi connectivity index (χ1v) is 12.8. The number of hydrogen-bond donors (Lipinski definition) is 0. The van der Waals surface area contributed by atoms with Gasteiger partial charge in [0.2, 0.25) is 0 Å². The molecule has 2 heterocycles. The third-order valence-corrected chi connectivity index (χ3v) is 7.63. The van der Waals surface area contributed by atoms with Gasteiger partial charge in [-0.1, -0.05) is 60.1 Å². The van der Waals surface area contributed by atoms with Gasteiger partial charge in [0, 0.05) is 18.1 Å². The topological polar surface area (TPSA) is 93.2 Å². The second-order valence-electron chi connectivity index (χ2n) is 8.84. The van der Waals surface area contributed by atoms with Crippen LogP contribution < -0.4 is 0 Å². The number of aryl methyl sites for hydroxylation is 1. The molecule has 0 N–H and O–H groups in total. The van der Waals surface area contributed by atoms with Crippen LogP contribution in [0.15, 0.2) is 64.8 Å². The number of guanidine groups is 1. The van der Waals surface area contributed by atoms with Gasteiger partial charge in [-0.15, -0.1) is 11.3 Å². The number of halogens is 1. The van der Waals surface area contributed by atoms with Crippen molar-refractivity contribution in [1.29, 1.82) is 0 Å². The summed E-state index contributed by atoms with van der Waals surface area (Å²) >= 11 is 7.62. The van der Waals surface area contributed by atoms with Crippen LogP contribution in [0.25, 0.3) is 21.5 Å². The van der Waals surface area contributed by atoms with Gasteiger partial charge in [-0.2, -0.15) is 4.99 Å². The van der Waals surface area contributed by atoms with Crippen molar-refractivity contribution in [3.63, 3.8) is 0 Å². The number of aromatic nitrogens is 1. The summed E-state index contributed by atoms with van der Waals surface area (Å²) in [6.45, 7) is 0.232. The number of hydrogen-bond acceptors (Lipinski definition) is 5. The largest absolute Gasteiger partial charge is 0.462 e. The van der Waals surface area contributed by atoms with Crippen molar-refractivity contribution >= 4 is 56.8 Å². The summed E-state index contributed by atoms with van der Waals surface area (Å²) in [5.41, 5.74) is 3.08. The Morgan fingerprint density at radius 1 is 1.19 bits per heavy atom. The number of rotatable bonds is 3. The highest BCUT2D eigenvalue weighted by atomic mass is 35.5. The van der Waals surface area contributed by atoms with Crippen molar-refractivity contribution in [2.75, 3.05) is 13.8 Å². The maximum absolute atomic E-state index is 9.89. The van der Waals surface area contributed by atoms with E-state index in [0.29, 0.717) is 10.4 Å². The van der Waals surface area contributed by atoms with Crippen molar-refractivity contribution in [3.05, 3.63) is 85.3 Å². The summed E-state index contributed by atoms with van der Waals surface area (Å²) in [6, 6.07) is 17.9.